The zero-order valence-electron chi connectivity index (χ0n) is 27.4. The molecule has 0 bridgehead atoms. The molecule has 0 radical (unpaired) electrons. The van der Waals surface area contributed by atoms with Gasteiger partial charge in [-0.05, 0) is 59.2 Å². The molecule has 0 aliphatic heterocycles. The molecular formula is C39H35N3O8S. The number of aromatic hydroxyl groups is 1. The first-order valence-corrected chi connectivity index (χ1v) is 16.8. The number of carbonyl (C=O) groups excluding carboxylic acids is 1. The Morgan fingerprint density at radius 2 is 1.69 bits per heavy atom. The molecule has 6 rings (SSSR count). The highest BCUT2D eigenvalue weighted by Gasteiger charge is 2.40. The van der Waals surface area contributed by atoms with E-state index in [1.165, 1.54) is 30.6 Å². The first-order chi connectivity index (χ1) is 24.6. The van der Waals surface area contributed by atoms with Gasteiger partial charge in [-0.15, -0.1) is 11.3 Å². The van der Waals surface area contributed by atoms with Crippen LogP contribution in [0.15, 0.2) is 114 Å². The fraction of sp³-hybridized carbons (Fsp3) is 0.154. The monoisotopic (exact) mass is 705 g/mol. The van der Waals surface area contributed by atoms with Gasteiger partial charge in [0.2, 0.25) is 11.2 Å². The summed E-state index contributed by atoms with van der Waals surface area (Å²) in [5, 5.41) is 48.9. The molecule has 0 fully saturated rings. The van der Waals surface area contributed by atoms with Gasteiger partial charge in [0.15, 0.2) is 0 Å². The maximum absolute atomic E-state index is 13.1. The smallest absolute Gasteiger partial charge is 0.345 e. The first kappa shape index (κ1) is 35.1. The number of carboxylic acids is 1. The van der Waals surface area contributed by atoms with Gasteiger partial charge in [0.25, 0.3) is 5.91 Å². The molecule has 260 valence electrons. The van der Waals surface area contributed by atoms with Gasteiger partial charge in [0.1, 0.15) is 11.5 Å². The molecule has 12 heteroatoms. The number of phenols is 1. The predicted molar refractivity (Wildman–Crippen MR) is 194 cm³/mol. The highest BCUT2D eigenvalue weighted by molar-refractivity contribution is 7.15. The maximum atomic E-state index is 13.1. The maximum Gasteiger partial charge on any atom is 0.345 e. The summed E-state index contributed by atoms with van der Waals surface area (Å²) >= 11 is 1.44. The summed E-state index contributed by atoms with van der Waals surface area (Å²) < 4.78 is 5.56. The Kier molecular flexibility index (Phi) is 10.3. The number of H-pyrrole nitrogens is 1. The minimum absolute atomic E-state index is 0.0837. The number of carboxylic acid groups (broad SMARTS) is 1. The van der Waals surface area contributed by atoms with Crippen LogP contribution in [0.3, 0.4) is 0 Å². The second-order valence-corrected chi connectivity index (χ2v) is 13.0. The number of aliphatic hydroxyl groups is 2. The lowest BCUT2D eigenvalue weighted by Gasteiger charge is -2.25. The highest BCUT2D eigenvalue weighted by atomic mass is 32.1. The summed E-state index contributed by atoms with van der Waals surface area (Å²) in [6.07, 6.45) is -0.931. The number of hydrogen-bond acceptors (Lipinski definition) is 9. The average Bonchev–Trinajstić information content (AvgIpc) is 3.63. The quantitative estimate of drug-likeness (QED) is 0.0866. The Morgan fingerprint density at radius 3 is 2.45 bits per heavy atom. The lowest BCUT2D eigenvalue weighted by molar-refractivity contribution is -0.155. The Labute approximate surface area is 296 Å². The van der Waals surface area contributed by atoms with Crippen LogP contribution in [0.2, 0.25) is 0 Å². The molecule has 4 aromatic carbocycles. The van der Waals surface area contributed by atoms with Crippen molar-refractivity contribution in [3.05, 3.63) is 152 Å². The Morgan fingerprint density at radius 1 is 0.902 bits per heavy atom. The number of amides is 1. The topological polar surface area (TPSA) is 181 Å². The SMILES string of the molecule is COc1cc(C(=O)NCc2ccc(-c3cccc([C@](O)(C(=O)O)c4ccccc4)c3)s2)ccc1CNC[C@H](O)c1ccc(O)c2[nH]c(=O)ccc12. The van der Waals surface area contributed by atoms with Crippen molar-refractivity contribution < 1.29 is 34.8 Å². The van der Waals surface area contributed by atoms with Crippen LogP contribution in [0.25, 0.3) is 21.3 Å². The molecule has 1 amide bonds. The fourth-order valence-corrected chi connectivity index (χ4v) is 6.87. The first-order valence-electron chi connectivity index (χ1n) is 16.0. The van der Waals surface area contributed by atoms with Gasteiger partial charge in [0, 0.05) is 51.0 Å². The number of benzene rings is 4. The van der Waals surface area contributed by atoms with Crippen LogP contribution < -0.4 is 20.9 Å². The third-order valence-electron chi connectivity index (χ3n) is 8.62. The van der Waals surface area contributed by atoms with E-state index in [9.17, 15) is 34.8 Å². The summed E-state index contributed by atoms with van der Waals surface area (Å²) in [6.45, 7) is 0.768. The van der Waals surface area contributed by atoms with E-state index < -0.39 is 17.7 Å². The van der Waals surface area contributed by atoms with Gasteiger partial charge in [-0.2, -0.15) is 0 Å². The Hall–Kier alpha value is -5.79. The van der Waals surface area contributed by atoms with E-state index in [1.54, 1.807) is 78.9 Å². The number of hydrogen-bond donors (Lipinski definition) is 7. The number of aliphatic carboxylic acids is 1. The van der Waals surface area contributed by atoms with E-state index in [0.29, 0.717) is 28.8 Å². The number of methoxy groups -OCH3 is 1. The standard InChI is InChI=1S/C39H35N3O8S/c1-50-33-19-24(10-11-25(33)20-40-22-32(44)29-13-15-31(43)36-30(29)14-17-35(45)42-36)37(46)41-21-28-12-16-34(51-28)23-6-5-9-27(18-23)39(49,38(47)48)26-7-3-2-4-8-26/h2-19,32,40,43-44,49H,20-22H2,1H3,(H,41,46)(H,42,45)(H,47,48)/t32-,39-/m0/s1. The average molecular weight is 706 g/mol. The fourth-order valence-electron chi connectivity index (χ4n) is 5.92. The van der Waals surface area contributed by atoms with E-state index in [-0.39, 0.29) is 46.9 Å². The highest BCUT2D eigenvalue weighted by Crippen LogP contribution is 2.35. The molecular weight excluding hydrogens is 671 g/mol. The van der Waals surface area contributed by atoms with Crippen LogP contribution in [0.1, 0.15) is 43.6 Å². The molecule has 0 aliphatic carbocycles. The van der Waals surface area contributed by atoms with Crippen molar-refractivity contribution in [1.82, 2.24) is 15.6 Å². The lowest BCUT2D eigenvalue weighted by atomic mass is 9.85. The molecule has 0 unspecified atom stereocenters. The van der Waals surface area contributed by atoms with Crippen LogP contribution in [-0.4, -0.2) is 50.9 Å². The molecule has 6 aromatic rings. The minimum Gasteiger partial charge on any atom is -0.506 e. The van der Waals surface area contributed by atoms with Crippen LogP contribution in [-0.2, 0) is 23.5 Å². The summed E-state index contributed by atoms with van der Waals surface area (Å²) in [5.41, 5.74) is 0.627. The summed E-state index contributed by atoms with van der Waals surface area (Å²) in [4.78, 5) is 41.4. The van der Waals surface area contributed by atoms with E-state index in [2.05, 4.69) is 15.6 Å². The predicted octanol–water partition coefficient (Wildman–Crippen LogP) is 5.04. The van der Waals surface area contributed by atoms with Crippen molar-refractivity contribution in [2.75, 3.05) is 13.7 Å². The van der Waals surface area contributed by atoms with Crippen molar-refractivity contribution in [2.45, 2.75) is 24.8 Å². The Balaban J connectivity index is 1.08. The van der Waals surface area contributed by atoms with Gasteiger partial charge in [-0.3, -0.25) is 9.59 Å². The van der Waals surface area contributed by atoms with Gasteiger partial charge < -0.3 is 40.8 Å². The number of aliphatic hydroxyl groups excluding tert-OH is 1. The third-order valence-corrected chi connectivity index (χ3v) is 9.75. The molecule has 7 N–H and O–H groups in total. The second-order valence-electron chi connectivity index (χ2n) is 11.9. The molecule has 0 aliphatic rings. The molecule has 0 saturated carbocycles. The zero-order chi connectivity index (χ0) is 36.1. The van der Waals surface area contributed by atoms with E-state index in [1.807, 2.05) is 18.2 Å². The molecule has 2 heterocycles. The van der Waals surface area contributed by atoms with Gasteiger partial charge >= 0.3 is 5.97 Å². The number of thiophene rings is 1. The number of aromatic amines is 1. The van der Waals surface area contributed by atoms with Gasteiger partial charge in [-0.1, -0.05) is 60.7 Å². The van der Waals surface area contributed by atoms with Crippen LogP contribution in [0.4, 0.5) is 0 Å². The largest absolute Gasteiger partial charge is 0.506 e. The van der Waals surface area contributed by atoms with Gasteiger partial charge in [0.05, 0.1) is 25.3 Å². The van der Waals surface area contributed by atoms with Crippen molar-refractivity contribution >= 4 is 34.1 Å². The number of ether oxygens (including phenoxy) is 1. The number of pyridine rings is 1. The molecule has 2 atom stereocenters. The Bertz CT molecular complexity index is 2270. The van der Waals surface area contributed by atoms with E-state index in [0.717, 1.165) is 20.9 Å². The molecule has 0 spiro atoms. The third kappa shape index (κ3) is 7.39. The molecule has 2 aromatic heterocycles. The van der Waals surface area contributed by atoms with Crippen LogP contribution >= 0.6 is 11.3 Å². The minimum atomic E-state index is -2.22. The number of nitrogens with one attached hydrogen (secondary N) is 3. The lowest BCUT2D eigenvalue weighted by Crippen LogP contribution is -2.36. The summed E-state index contributed by atoms with van der Waals surface area (Å²) in [5.74, 6) is -1.26. The molecule has 11 nitrogen and oxygen atoms in total. The molecule has 51 heavy (non-hydrogen) atoms. The van der Waals surface area contributed by atoms with Crippen molar-refractivity contribution in [1.29, 1.82) is 0 Å². The second kappa shape index (κ2) is 15.0. The van der Waals surface area contributed by atoms with Crippen LogP contribution in [0, 0.1) is 0 Å². The number of phenolic OH excluding ortho intramolecular Hbond substituents is 1. The van der Waals surface area contributed by atoms with Crippen molar-refractivity contribution in [2.24, 2.45) is 0 Å². The van der Waals surface area contributed by atoms with Gasteiger partial charge in [-0.25, -0.2) is 4.79 Å². The summed E-state index contributed by atoms with van der Waals surface area (Å²) in [7, 11) is 1.51. The number of carbonyl (C=O) groups is 2. The number of fused-ring (bicyclic) bond motifs is 1. The van der Waals surface area contributed by atoms with Crippen molar-refractivity contribution in [3.8, 4) is 21.9 Å². The molecule has 0 saturated heterocycles. The van der Waals surface area contributed by atoms with E-state index >= 15 is 0 Å². The number of rotatable bonds is 13. The zero-order valence-corrected chi connectivity index (χ0v) is 28.2. The van der Waals surface area contributed by atoms with Crippen LogP contribution in [0.5, 0.6) is 11.5 Å². The van der Waals surface area contributed by atoms with Crippen molar-refractivity contribution in [3.63, 3.8) is 0 Å². The normalized spacial score (nSPS) is 13.0. The summed E-state index contributed by atoms with van der Waals surface area (Å²) in [6, 6.07) is 29.9. The van der Waals surface area contributed by atoms with E-state index in [4.69, 9.17) is 4.74 Å². The number of aromatic nitrogens is 1.